The van der Waals surface area contributed by atoms with Crippen LogP contribution in [0.1, 0.15) is 26.3 Å². The molecule has 3 N–H and O–H groups in total. The maximum absolute atomic E-state index is 11.6. The Balaban J connectivity index is 2.23. The second kappa shape index (κ2) is 7.88. The summed E-state index contributed by atoms with van der Waals surface area (Å²) in [5.74, 6) is 0. The van der Waals surface area contributed by atoms with Gasteiger partial charge in [-0.1, -0.05) is 0 Å². The lowest BCUT2D eigenvalue weighted by molar-refractivity contribution is 0.0528. The van der Waals surface area contributed by atoms with Gasteiger partial charge in [-0.05, 0) is 45.0 Å². The number of nitrogens with one attached hydrogen (secondary N) is 3. The Kier molecular flexibility index (Phi) is 6.20. The summed E-state index contributed by atoms with van der Waals surface area (Å²) in [6, 6.07) is 8.10. The Morgan fingerprint density at radius 2 is 1.73 bits per heavy atom. The summed E-state index contributed by atoms with van der Waals surface area (Å²) in [6.45, 7) is 5.85. The number of carbonyl (C=O) groups excluding carboxylic acids is 2. The van der Waals surface area contributed by atoms with Crippen molar-refractivity contribution in [2.24, 2.45) is 0 Å². The minimum absolute atomic E-state index is 0.260. The molecular formula is C15H20N4O3. The number of rotatable bonds is 4. The van der Waals surface area contributed by atoms with Crippen LogP contribution >= 0.6 is 0 Å². The fourth-order valence-corrected chi connectivity index (χ4v) is 1.46. The average molecular weight is 304 g/mol. The van der Waals surface area contributed by atoms with Crippen LogP contribution in [-0.2, 0) is 4.74 Å². The van der Waals surface area contributed by atoms with Gasteiger partial charge in [0.15, 0.2) is 0 Å². The molecule has 0 heterocycles. The molecule has 3 amide bonds. The zero-order chi connectivity index (χ0) is 16.6. The van der Waals surface area contributed by atoms with Gasteiger partial charge in [0.2, 0.25) is 0 Å². The third-order valence-corrected chi connectivity index (χ3v) is 2.35. The van der Waals surface area contributed by atoms with Crippen LogP contribution in [0.3, 0.4) is 0 Å². The molecule has 1 rings (SSSR count). The van der Waals surface area contributed by atoms with Crippen molar-refractivity contribution < 1.29 is 14.3 Å². The molecule has 0 aliphatic heterocycles. The molecule has 0 saturated carbocycles. The number of benzene rings is 1. The van der Waals surface area contributed by atoms with Crippen molar-refractivity contribution >= 4 is 17.8 Å². The number of urea groups is 1. The molecule has 0 atom stereocenters. The first-order valence-electron chi connectivity index (χ1n) is 6.82. The normalized spacial score (nSPS) is 10.3. The van der Waals surface area contributed by atoms with Gasteiger partial charge in [0.05, 0.1) is 11.6 Å². The molecule has 7 nitrogen and oxygen atoms in total. The number of amides is 3. The molecule has 0 aromatic heterocycles. The minimum Gasteiger partial charge on any atom is -0.444 e. The van der Waals surface area contributed by atoms with Crippen molar-refractivity contribution in [2.75, 3.05) is 18.4 Å². The summed E-state index contributed by atoms with van der Waals surface area (Å²) in [7, 11) is 0. The Hall–Kier alpha value is -2.75. The second-order valence-corrected chi connectivity index (χ2v) is 5.50. The average Bonchev–Trinajstić information content (AvgIpc) is 2.42. The number of carbonyl (C=O) groups is 2. The number of nitriles is 1. The van der Waals surface area contributed by atoms with E-state index < -0.39 is 17.7 Å². The SMILES string of the molecule is CC(C)(C)OC(=O)NCCNC(=O)Nc1ccc(C#N)cc1. The molecule has 0 saturated heterocycles. The maximum Gasteiger partial charge on any atom is 0.407 e. The highest BCUT2D eigenvalue weighted by molar-refractivity contribution is 5.89. The van der Waals surface area contributed by atoms with E-state index in [0.717, 1.165) is 0 Å². The molecule has 0 fully saturated rings. The summed E-state index contributed by atoms with van der Waals surface area (Å²) >= 11 is 0. The summed E-state index contributed by atoms with van der Waals surface area (Å²) < 4.78 is 5.06. The number of anilines is 1. The second-order valence-electron chi connectivity index (χ2n) is 5.50. The van der Waals surface area contributed by atoms with Gasteiger partial charge in [-0.15, -0.1) is 0 Å². The van der Waals surface area contributed by atoms with Gasteiger partial charge in [-0.2, -0.15) is 5.26 Å². The van der Waals surface area contributed by atoms with E-state index in [0.29, 0.717) is 11.3 Å². The monoisotopic (exact) mass is 304 g/mol. The predicted octanol–water partition coefficient (Wildman–Crippen LogP) is 2.20. The quantitative estimate of drug-likeness (QED) is 0.742. The molecular weight excluding hydrogens is 284 g/mol. The van der Waals surface area contributed by atoms with Crippen LogP contribution in [0.25, 0.3) is 0 Å². The fourth-order valence-electron chi connectivity index (χ4n) is 1.46. The Morgan fingerprint density at radius 1 is 1.14 bits per heavy atom. The molecule has 0 spiro atoms. The van der Waals surface area contributed by atoms with Crippen molar-refractivity contribution in [1.82, 2.24) is 10.6 Å². The summed E-state index contributed by atoms with van der Waals surface area (Å²) in [5, 5.41) is 16.4. The number of nitrogens with zero attached hydrogens (tertiary/aromatic N) is 1. The first-order valence-corrected chi connectivity index (χ1v) is 6.82. The van der Waals surface area contributed by atoms with Gasteiger partial charge >= 0.3 is 12.1 Å². The predicted molar refractivity (Wildman–Crippen MR) is 82.4 cm³/mol. The summed E-state index contributed by atoms with van der Waals surface area (Å²) in [4.78, 5) is 23.0. The van der Waals surface area contributed by atoms with Crippen molar-refractivity contribution in [1.29, 1.82) is 5.26 Å². The standard InChI is InChI=1S/C15H20N4O3/c1-15(2,3)22-14(21)18-9-8-17-13(20)19-12-6-4-11(10-16)5-7-12/h4-7H,8-9H2,1-3H3,(H,18,21)(H2,17,19,20). The highest BCUT2D eigenvalue weighted by atomic mass is 16.6. The van der Waals surface area contributed by atoms with Gasteiger partial charge in [-0.25, -0.2) is 9.59 Å². The largest absolute Gasteiger partial charge is 0.444 e. The van der Waals surface area contributed by atoms with Crippen LogP contribution in [0.15, 0.2) is 24.3 Å². The number of alkyl carbamates (subject to hydrolysis) is 1. The molecule has 118 valence electrons. The van der Waals surface area contributed by atoms with Gasteiger partial charge < -0.3 is 20.7 Å². The zero-order valence-corrected chi connectivity index (χ0v) is 12.9. The van der Waals surface area contributed by atoms with Crippen LogP contribution in [-0.4, -0.2) is 30.8 Å². The summed E-state index contributed by atoms with van der Waals surface area (Å²) in [5.41, 5.74) is 0.550. The summed E-state index contributed by atoms with van der Waals surface area (Å²) in [6.07, 6.45) is -0.526. The van der Waals surface area contributed by atoms with Crippen LogP contribution in [0, 0.1) is 11.3 Å². The van der Waals surface area contributed by atoms with Gasteiger partial charge in [0.25, 0.3) is 0 Å². The molecule has 0 unspecified atom stereocenters. The van der Waals surface area contributed by atoms with E-state index in [4.69, 9.17) is 10.00 Å². The lowest BCUT2D eigenvalue weighted by Crippen LogP contribution is -2.39. The van der Waals surface area contributed by atoms with Crippen molar-refractivity contribution in [3.8, 4) is 6.07 Å². The van der Waals surface area contributed by atoms with Crippen LogP contribution in [0.5, 0.6) is 0 Å². The lowest BCUT2D eigenvalue weighted by Gasteiger charge is -2.19. The molecule has 22 heavy (non-hydrogen) atoms. The highest BCUT2D eigenvalue weighted by Crippen LogP contribution is 2.08. The van der Waals surface area contributed by atoms with Crippen LogP contribution < -0.4 is 16.0 Å². The third kappa shape index (κ3) is 7.14. The van der Waals surface area contributed by atoms with E-state index in [1.165, 1.54) is 0 Å². The van der Waals surface area contributed by atoms with E-state index in [2.05, 4.69) is 16.0 Å². The molecule has 0 bridgehead atoms. The van der Waals surface area contributed by atoms with Crippen molar-refractivity contribution in [3.05, 3.63) is 29.8 Å². The molecule has 0 aliphatic carbocycles. The number of hydrogen-bond donors (Lipinski definition) is 3. The molecule has 7 heteroatoms. The van der Waals surface area contributed by atoms with Crippen LogP contribution in [0.2, 0.25) is 0 Å². The van der Waals surface area contributed by atoms with Crippen molar-refractivity contribution in [3.63, 3.8) is 0 Å². The first-order chi connectivity index (χ1) is 10.3. The van der Waals surface area contributed by atoms with E-state index >= 15 is 0 Å². The van der Waals surface area contributed by atoms with E-state index in [9.17, 15) is 9.59 Å². The topological polar surface area (TPSA) is 103 Å². The van der Waals surface area contributed by atoms with Gasteiger partial charge in [0.1, 0.15) is 5.60 Å². The zero-order valence-electron chi connectivity index (χ0n) is 12.9. The van der Waals surface area contributed by atoms with E-state index in [1.54, 1.807) is 45.0 Å². The number of ether oxygens (including phenoxy) is 1. The Bertz CT molecular complexity index is 556. The van der Waals surface area contributed by atoms with Crippen molar-refractivity contribution in [2.45, 2.75) is 26.4 Å². The van der Waals surface area contributed by atoms with Gasteiger partial charge in [0, 0.05) is 18.8 Å². The third-order valence-electron chi connectivity index (χ3n) is 2.35. The molecule has 0 aliphatic rings. The fraction of sp³-hybridized carbons (Fsp3) is 0.400. The highest BCUT2D eigenvalue weighted by Gasteiger charge is 2.15. The smallest absolute Gasteiger partial charge is 0.407 e. The van der Waals surface area contributed by atoms with Crippen LogP contribution in [0.4, 0.5) is 15.3 Å². The van der Waals surface area contributed by atoms with Gasteiger partial charge in [-0.3, -0.25) is 0 Å². The first kappa shape index (κ1) is 17.3. The number of hydrogen-bond acceptors (Lipinski definition) is 4. The molecule has 1 aromatic carbocycles. The Morgan fingerprint density at radius 3 is 2.27 bits per heavy atom. The molecule has 1 aromatic rings. The maximum atomic E-state index is 11.6. The Labute approximate surface area is 129 Å². The van der Waals surface area contributed by atoms with E-state index in [-0.39, 0.29) is 13.1 Å². The van der Waals surface area contributed by atoms with E-state index in [1.807, 2.05) is 6.07 Å². The molecule has 0 radical (unpaired) electrons. The lowest BCUT2D eigenvalue weighted by atomic mass is 10.2. The minimum atomic E-state index is -0.551.